The van der Waals surface area contributed by atoms with Crippen LogP contribution in [0.15, 0.2) is 5.38 Å². The zero-order valence-corrected chi connectivity index (χ0v) is 10.8. The summed E-state index contributed by atoms with van der Waals surface area (Å²) in [5, 5.41) is 12.4. The molecule has 1 aromatic rings. The van der Waals surface area contributed by atoms with Crippen LogP contribution in [-0.4, -0.2) is 35.2 Å². The minimum Gasteiger partial charge on any atom is -0.396 e. The van der Waals surface area contributed by atoms with Gasteiger partial charge in [-0.25, -0.2) is 4.98 Å². The highest BCUT2D eigenvalue weighted by Crippen LogP contribution is 2.32. The van der Waals surface area contributed by atoms with E-state index >= 15 is 0 Å². The van der Waals surface area contributed by atoms with Gasteiger partial charge in [-0.15, -0.1) is 11.3 Å². The number of nitrogens with zero attached hydrogens (tertiary/aromatic N) is 2. The Hall–Kier alpha value is -0.450. The third kappa shape index (κ3) is 2.44. The number of likely N-dealkylation sites (tertiary alicyclic amines) is 1. The average molecular weight is 240 g/mol. The summed E-state index contributed by atoms with van der Waals surface area (Å²) in [6.07, 6.45) is 3.83. The first-order chi connectivity index (χ1) is 7.72. The Balaban J connectivity index is 2.11. The zero-order valence-electron chi connectivity index (χ0n) is 10.0. The number of thiazole rings is 1. The smallest absolute Gasteiger partial charge is 0.110 e. The van der Waals surface area contributed by atoms with Crippen molar-refractivity contribution in [3.8, 4) is 0 Å². The van der Waals surface area contributed by atoms with Gasteiger partial charge in [0.05, 0.1) is 18.3 Å². The van der Waals surface area contributed by atoms with Crippen molar-refractivity contribution in [3.05, 3.63) is 16.1 Å². The molecule has 1 aliphatic rings. The van der Waals surface area contributed by atoms with Crippen molar-refractivity contribution < 1.29 is 5.11 Å². The first-order valence-corrected chi connectivity index (χ1v) is 6.86. The summed E-state index contributed by atoms with van der Waals surface area (Å²) in [6.45, 7) is 3.38. The second-order valence-electron chi connectivity index (χ2n) is 4.69. The highest BCUT2D eigenvalue weighted by atomic mass is 32.1. The van der Waals surface area contributed by atoms with E-state index in [4.69, 9.17) is 5.11 Å². The molecule has 0 aliphatic carbocycles. The van der Waals surface area contributed by atoms with Gasteiger partial charge in [0, 0.05) is 11.3 Å². The summed E-state index contributed by atoms with van der Waals surface area (Å²) in [6, 6.07) is 0.499. The first-order valence-electron chi connectivity index (χ1n) is 5.98. The normalized spacial score (nSPS) is 24.6. The van der Waals surface area contributed by atoms with Crippen LogP contribution in [0.5, 0.6) is 0 Å². The molecule has 1 aliphatic heterocycles. The van der Waals surface area contributed by atoms with E-state index in [1.54, 1.807) is 11.3 Å². The lowest BCUT2D eigenvalue weighted by atomic mass is 10.0. The quantitative estimate of drug-likeness (QED) is 0.881. The highest BCUT2D eigenvalue weighted by Gasteiger charge is 2.23. The van der Waals surface area contributed by atoms with Gasteiger partial charge >= 0.3 is 0 Å². The minimum atomic E-state index is 0.166. The highest BCUT2D eigenvalue weighted by molar-refractivity contribution is 7.09. The summed E-state index contributed by atoms with van der Waals surface area (Å²) in [7, 11) is 2.18. The van der Waals surface area contributed by atoms with Crippen molar-refractivity contribution in [1.29, 1.82) is 0 Å². The lowest BCUT2D eigenvalue weighted by Crippen LogP contribution is -2.29. The number of hydrogen-bond acceptors (Lipinski definition) is 4. The van der Waals surface area contributed by atoms with Gasteiger partial charge in [-0.2, -0.15) is 0 Å². The van der Waals surface area contributed by atoms with E-state index in [2.05, 4.69) is 22.3 Å². The van der Waals surface area contributed by atoms with Crippen LogP contribution < -0.4 is 0 Å². The Bertz CT molecular complexity index is 340. The number of piperidine rings is 1. The van der Waals surface area contributed by atoms with Gasteiger partial charge in [-0.05, 0) is 26.4 Å². The van der Waals surface area contributed by atoms with Crippen LogP contribution in [0.4, 0.5) is 0 Å². The molecule has 16 heavy (non-hydrogen) atoms. The van der Waals surface area contributed by atoms with E-state index in [1.165, 1.54) is 30.8 Å². The fraction of sp³-hybridized carbons (Fsp3) is 0.750. The van der Waals surface area contributed by atoms with E-state index in [1.807, 2.05) is 6.92 Å². The SMILES string of the molecule is CC(CO)c1csc(C2CCCCN2C)n1. The minimum absolute atomic E-state index is 0.166. The van der Waals surface area contributed by atoms with E-state index < -0.39 is 0 Å². The van der Waals surface area contributed by atoms with E-state index in [9.17, 15) is 0 Å². The topological polar surface area (TPSA) is 36.4 Å². The van der Waals surface area contributed by atoms with Crippen LogP contribution in [0.1, 0.15) is 48.8 Å². The molecule has 1 aromatic heterocycles. The summed E-state index contributed by atoms with van der Waals surface area (Å²) < 4.78 is 0. The molecule has 3 nitrogen and oxygen atoms in total. The average Bonchev–Trinajstić information content (AvgIpc) is 2.78. The van der Waals surface area contributed by atoms with Gasteiger partial charge in [0.15, 0.2) is 0 Å². The fourth-order valence-corrected chi connectivity index (χ4v) is 3.30. The van der Waals surface area contributed by atoms with Crippen molar-refractivity contribution in [2.75, 3.05) is 20.2 Å². The Kier molecular flexibility index (Phi) is 3.95. The maximum Gasteiger partial charge on any atom is 0.110 e. The molecule has 2 heterocycles. The molecule has 1 fully saturated rings. The van der Waals surface area contributed by atoms with Gasteiger partial charge in [0.25, 0.3) is 0 Å². The molecule has 2 unspecified atom stereocenters. The van der Waals surface area contributed by atoms with Crippen molar-refractivity contribution in [3.63, 3.8) is 0 Å². The van der Waals surface area contributed by atoms with Crippen LogP contribution in [0, 0.1) is 0 Å². The molecule has 2 rings (SSSR count). The number of rotatable bonds is 3. The van der Waals surface area contributed by atoms with Gasteiger partial charge in [-0.3, -0.25) is 4.90 Å². The van der Waals surface area contributed by atoms with Crippen LogP contribution in [-0.2, 0) is 0 Å². The molecular formula is C12H20N2OS. The molecule has 0 bridgehead atoms. The van der Waals surface area contributed by atoms with E-state index in [-0.39, 0.29) is 12.5 Å². The molecule has 0 amide bonds. The van der Waals surface area contributed by atoms with Crippen molar-refractivity contribution >= 4 is 11.3 Å². The van der Waals surface area contributed by atoms with E-state index in [0.29, 0.717) is 6.04 Å². The number of aliphatic hydroxyl groups excluding tert-OH is 1. The van der Waals surface area contributed by atoms with Crippen molar-refractivity contribution in [2.45, 2.75) is 38.1 Å². The summed E-state index contributed by atoms with van der Waals surface area (Å²) >= 11 is 1.74. The van der Waals surface area contributed by atoms with Gasteiger partial charge in [-0.1, -0.05) is 13.3 Å². The Labute approximate surface area is 101 Å². The van der Waals surface area contributed by atoms with Crippen LogP contribution in [0.25, 0.3) is 0 Å². The number of hydrogen-bond donors (Lipinski definition) is 1. The van der Waals surface area contributed by atoms with Crippen molar-refractivity contribution in [1.82, 2.24) is 9.88 Å². The monoisotopic (exact) mass is 240 g/mol. The lowest BCUT2D eigenvalue weighted by Gasteiger charge is -2.30. The summed E-state index contributed by atoms with van der Waals surface area (Å²) in [4.78, 5) is 7.07. The maximum absolute atomic E-state index is 9.11. The molecule has 4 heteroatoms. The maximum atomic E-state index is 9.11. The predicted molar refractivity (Wildman–Crippen MR) is 66.8 cm³/mol. The molecule has 1 saturated heterocycles. The molecule has 0 saturated carbocycles. The lowest BCUT2D eigenvalue weighted by molar-refractivity contribution is 0.186. The molecule has 1 N–H and O–H groups in total. The van der Waals surface area contributed by atoms with Gasteiger partial charge in [0.2, 0.25) is 0 Å². The largest absolute Gasteiger partial charge is 0.396 e. The Morgan fingerprint density at radius 1 is 1.62 bits per heavy atom. The molecule has 0 aromatic carbocycles. The second kappa shape index (κ2) is 5.25. The molecular weight excluding hydrogens is 220 g/mol. The fourth-order valence-electron chi connectivity index (χ4n) is 2.16. The third-order valence-electron chi connectivity index (χ3n) is 3.37. The zero-order chi connectivity index (χ0) is 11.5. The van der Waals surface area contributed by atoms with Gasteiger partial charge < -0.3 is 5.11 Å². The Morgan fingerprint density at radius 3 is 3.12 bits per heavy atom. The van der Waals surface area contributed by atoms with E-state index in [0.717, 1.165) is 5.69 Å². The second-order valence-corrected chi connectivity index (χ2v) is 5.58. The molecule has 90 valence electrons. The molecule has 0 radical (unpaired) electrons. The molecule has 0 spiro atoms. The van der Waals surface area contributed by atoms with Crippen molar-refractivity contribution in [2.24, 2.45) is 0 Å². The van der Waals surface area contributed by atoms with Crippen LogP contribution >= 0.6 is 11.3 Å². The third-order valence-corrected chi connectivity index (χ3v) is 4.34. The first kappa shape index (κ1) is 12.0. The summed E-state index contributed by atoms with van der Waals surface area (Å²) in [5.74, 6) is 0.166. The number of aliphatic hydroxyl groups is 1. The summed E-state index contributed by atoms with van der Waals surface area (Å²) in [5.41, 5.74) is 1.04. The van der Waals surface area contributed by atoms with Crippen LogP contribution in [0.2, 0.25) is 0 Å². The Morgan fingerprint density at radius 2 is 2.44 bits per heavy atom. The standard InChI is InChI=1S/C12H20N2OS/c1-9(7-15)10-8-16-12(13-10)11-5-3-4-6-14(11)2/h8-9,11,15H,3-7H2,1-2H3. The predicted octanol–water partition coefficient (Wildman–Crippen LogP) is 2.40. The van der Waals surface area contributed by atoms with Gasteiger partial charge in [0.1, 0.15) is 5.01 Å². The molecule has 2 atom stereocenters. The van der Waals surface area contributed by atoms with Crippen LogP contribution in [0.3, 0.4) is 0 Å². The number of aromatic nitrogens is 1.